The summed E-state index contributed by atoms with van der Waals surface area (Å²) in [4.78, 5) is 13.6. The molecule has 1 amide bonds. The Morgan fingerprint density at radius 3 is 3.05 bits per heavy atom. The van der Waals surface area contributed by atoms with Gasteiger partial charge < -0.3 is 20.7 Å². The maximum atomic E-state index is 11.6. The monoisotopic (exact) mass is 265 g/mol. The van der Waals surface area contributed by atoms with Crippen LogP contribution in [0.3, 0.4) is 0 Å². The number of hydrogen-bond donors (Lipinski definition) is 2. The summed E-state index contributed by atoms with van der Waals surface area (Å²) in [6.45, 7) is 5.00. The second kappa shape index (κ2) is 6.44. The lowest BCUT2D eigenvalue weighted by atomic mass is 10.2. The Hall–Kier alpha value is -1.73. The molecule has 1 unspecified atom stereocenters. The molecule has 1 aromatic rings. The first-order valence-corrected chi connectivity index (χ1v) is 6.43. The summed E-state index contributed by atoms with van der Waals surface area (Å²) in [6.07, 6.45) is 0.0265. The number of morpholine rings is 1. The van der Waals surface area contributed by atoms with Gasteiger partial charge in [0.2, 0.25) is 0 Å². The molecule has 0 radical (unpaired) electrons. The molecule has 3 N–H and O–H groups in total. The molecule has 1 saturated heterocycles. The topological polar surface area (TPSA) is 93.4 Å². The summed E-state index contributed by atoms with van der Waals surface area (Å²) >= 11 is 0. The summed E-state index contributed by atoms with van der Waals surface area (Å²) in [6, 6.07) is 3.48. The van der Waals surface area contributed by atoms with Crippen molar-refractivity contribution < 1.29 is 9.53 Å². The molecule has 1 aromatic heterocycles. The van der Waals surface area contributed by atoms with Gasteiger partial charge in [-0.25, -0.2) is 0 Å². The van der Waals surface area contributed by atoms with E-state index in [0.29, 0.717) is 31.9 Å². The van der Waals surface area contributed by atoms with E-state index in [-0.39, 0.29) is 12.0 Å². The molecule has 104 valence electrons. The highest BCUT2D eigenvalue weighted by molar-refractivity contribution is 5.92. The molecule has 2 rings (SSSR count). The average molecular weight is 265 g/mol. The molecule has 0 spiro atoms. The molecule has 1 atom stereocenters. The molecule has 1 aliphatic heterocycles. The number of hydrogen-bond acceptors (Lipinski definition) is 6. The van der Waals surface area contributed by atoms with Crippen molar-refractivity contribution in [2.24, 2.45) is 5.73 Å². The van der Waals surface area contributed by atoms with E-state index in [1.54, 1.807) is 12.1 Å². The molecule has 7 nitrogen and oxygen atoms in total. The highest BCUT2D eigenvalue weighted by Crippen LogP contribution is 2.14. The minimum absolute atomic E-state index is 0.0265. The van der Waals surface area contributed by atoms with E-state index < -0.39 is 0 Å². The van der Waals surface area contributed by atoms with Gasteiger partial charge in [0.1, 0.15) is 0 Å². The van der Waals surface area contributed by atoms with Gasteiger partial charge in [0.25, 0.3) is 5.91 Å². The van der Waals surface area contributed by atoms with Gasteiger partial charge in [-0.1, -0.05) is 0 Å². The number of carbonyl (C=O) groups is 1. The van der Waals surface area contributed by atoms with E-state index >= 15 is 0 Å². The number of nitrogens with zero attached hydrogens (tertiary/aromatic N) is 3. The number of ether oxygens (including phenoxy) is 1. The average Bonchev–Trinajstić information content (AvgIpc) is 2.48. The number of nitrogens with two attached hydrogens (primary N) is 1. The van der Waals surface area contributed by atoms with Crippen LogP contribution < -0.4 is 16.0 Å². The molecule has 0 bridgehead atoms. The van der Waals surface area contributed by atoms with E-state index in [1.807, 2.05) is 6.92 Å². The highest BCUT2D eigenvalue weighted by Gasteiger charge is 2.20. The largest absolute Gasteiger partial charge is 0.373 e. The Labute approximate surface area is 112 Å². The predicted molar refractivity (Wildman–Crippen MR) is 71.0 cm³/mol. The van der Waals surface area contributed by atoms with Gasteiger partial charge in [-0.05, 0) is 19.1 Å². The van der Waals surface area contributed by atoms with Crippen LogP contribution in [0.1, 0.15) is 17.4 Å². The van der Waals surface area contributed by atoms with Gasteiger partial charge in [-0.3, -0.25) is 4.79 Å². The molecule has 0 saturated carbocycles. The number of amides is 1. The predicted octanol–water partition coefficient (Wildman–Crippen LogP) is -0.610. The molecule has 0 aromatic carbocycles. The van der Waals surface area contributed by atoms with Crippen LogP contribution in [0.25, 0.3) is 0 Å². The van der Waals surface area contributed by atoms with Gasteiger partial charge in [-0.2, -0.15) is 0 Å². The van der Waals surface area contributed by atoms with Crippen LogP contribution in [0.15, 0.2) is 12.1 Å². The first kappa shape index (κ1) is 13.7. The van der Waals surface area contributed by atoms with E-state index in [0.717, 1.165) is 12.4 Å². The standard InChI is InChI=1S/C12H19N5O2/c1-2-14-12(18)10-3-4-11(16-15-10)17-5-6-19-9(7-13)8-17/h3-4,9H,2,5-8,13H2,1H3,(H,14,18). The van der Waals surface area contributed by atoms with Crippen molar-refractivity contribution in [1.82, 2.24) is 15.5 Å². The van der Waals surface area contributed by atoms with Crippen molar-refractivity contribution in [2.45, 2.75) is 13.0 Å². The number of aromatic nitrogens is 2. The van der Waals surface area contributed by atoms with Gasteiger partial charge in [0.05, 0.1) is 12.7 Å². The number of rotatable bonds is 4. The molecule has 1 aliphatic rings. The lowest BCUT2D eigenvalue weighted by Crippen LogP contribution is -2.46. The second-order valence-corrected chi connectivity index (χ2v) is 4.31. The van der Waals surface area contributed by atoms with Crippen LogP contribution in [0.2, 0.25) is 0 Å². The molecule has 7 heteroatoms. The Morgan fingerprint density at radius 2 is 2.42 bits per heavy atom. The summed E-state index contributed by atoms with van der Waals surface area (Å²) < 4.78 is 5.49. The highest BCUT2D eigenvalue weighted by atomic mass is 16.5. The summed E-state index contributed by atoms with van der Waals surface area (Å²) in [5, 5.41) is 10.7. The zero-order valence-corrected chi connectivity index (χ0v) is 11.0. The number of carbonyl (C=O) groups excluding carboxylic acids is 1. The number of nitrogens with one attached hydrogen (secondary N) is 1. The second-order valence-electron chi connectivity index (χ2n) is 4.31. The van der Waals surface area contributed by atoms with E-state index in [4.69, 9.17) is 10.5 Å². The third kappa shape index (κ3) is 3.39. The minimum atomic E-state index is -0.205. The fourth-order valence-corrected chi connectivity index (χ4v) is 1.94. The first-order valence-electron chi connectivity index (χ1n) is 6.43. The van der Waals surface area contributed by atoms with E-state index in [1.165, 1.54) is 0 Å². The zero-order valence-electron chi connectivity index (χ0n) is 11.0. The van der Waals surface area contributed by atoms with Crippen molar-refractivity contribution in [3.63, 3.8) is 0 Å². The molecular weight excluding hydrogens is 246 g/mol. The summed E-state index contributed by atoms with van der Waals surface area (Å²) in [5.41, 5.74) is 5.93. The van der Waals surface area contributed by atoms with Gasteiger partial charge >= 0.3 is 0 Å². The smallest absolute Gasteiger partial charge is 0.271 e. The summed E-state index contributed by atoms with van der Waals surface area (Å²) in [5.74, 6) is 0.540. The fraction of sp³-hybridized carbons (Fsp3) is 0.583. The van der Waals surface area contributed by atoms with Crippen molar-refractivity contribution >= 4 is 11.7 Å². The van der Waals surface area contributed by atoms with Crippen LogP contribution in [-0.2, 0) is 4.74 Å². The van der Waals surface area contributed by atoms with Gasteiger partial charge in [0, 0.05) is 26.2 Å². The van der Waals surface area contributed by atoms with Crippen molar-refractivity contribution in [2.75, 3.05) is 37.7 Å². The van der Waals surface area contributed by atoms with E-state index in [2.05, 4.69) is 20.4 Å². The molecule has 2 heterocycles. The van der Waals surface area contributed by atoms with Crippen molar-refractivity contribution in [3.05, 3.63) is 17.8 Å². The van der Waals surface area contributed by atoms with Gasteiger partial charge in [0.15, 0.2) is 11.5 Å². The fourth-order valence-electron chi connectivity index (χ4n) is 1.94. The normalized spacial score (nSPS) is 19.3. The number of anilines is 1. The van der Waals surface area contributed by atoms with Crippen molar-refractivity contribution in [1.29, 1.82) is 0 Å². The quantitative estimate of drug-likeness (QED) is 0.754. The third-order valence-corrected chi connectivity index (χ3v) is 2.95. The van der Waals surface area contributed by atoms with E-state index in [9.17, 15) is 4.79 Å². The lowest BCUT2D eigenvalue weighted by Gasteiger charge is -2.32. The SMILES string of the molecule is CCNC(=O)c1ccc(N2CCOC(CN)C2)nn1. The molecular formula is C12H19N5O2. The minimum Gasteiger partial charge on any atom is -0.373 e. The van der Waals surface area contributed by atoms with Crippen LogP contribution in [0, 0.1) is 0 Å². The Balaban J connectivity index is 2.03. The maximum absolute atomic E-state index is 11.6. The Bertz CT molecular complexity index is 423. The third-order valence-electron chi connectivity index (χ3n) is 2.95. The molecule has 1 fully saturated rings. The summed E-state index contributed by atoms with van der Waals surface area (Å²) in [7, 11) is 0. The van der Waals surface area contributed by atoms with Gasteiger partial charge in [-0.15, -0.1) is 10.2 Å². The van der Waals surface area contributed by atoms with Crippen molar-refractivity contribution in [3.8, 4) is 0 Å². The first-order chi connectivity index (χ1) is 9.24. The van der Waals surface area contributed by atoms with Crippen LogP contribution in [0.5, 0.6) is 0 Å². The molecule has 19 heavy (non-hydrogen) atoms. The molecule has 0 aliphatic carbocycles. The lowest BCUT2D eigenvalue weighted by molar-refractivity contribution is 0.0462. The van der Waals surface area contributed by atoms with Crippen LogP contribution in [-0.4, -0.2) is 55.0 Å². The van der Waals surface area contributed by atoms with Crippen LogP contribution >= 0.6 is 0 Å². The maximum Gasteiger partial charge on any atom is 0.271 e. The van der Waals surface area contributed by atoms with Crippen LogP contribution in [0.4, 0.5) is 5.82 Å². The Kier molecular flexibility index (Phi) is 4.64. The Morgan fingerprint density at radius 1 is 1.58 bits per heavy atom. The zero-order chi connectivity index (χ0) is 13.7.